The molecule has 0 bridgehead atoms. The van der Waals surface area contributed by atoms with Crippen molar-refractivity contribution in [3.63, 3.8) is 0 Å². The molecule has 0 amide bonds. The molecule has 0 radical (unpaired) electrons. The van der Waals surface area contributed by atoms with Crippen molar-refractivity contribution in [1.82, 2.24) is 14.9 Å². The minimum atomic E-state index is 0.549. The second-order valence-electron chi connectivity index (χ2n) is 5.17. The maximum Gasteiger partial charge on any atom is 0.144 e. The average molecular weight is 254 g/mol. The van der Waals surface area contributed by atoms with Crippen molar-refractivity contribution in [3.05, 3.63) is 22.7 Å². The smallest absolute Gasteiger partial charge is 0.144 e. The van der Waals surface area contributed by atoms with E-state index in [0.29, 0.717) is 17.1 Å². The SMILES string of the molecule is Cc1cc(Cl)nc(CN2CCCC2C(C)C)n1. The number of likely N-dealkylation sites (tertiary alicyclic amines) is 1. The largest absolute Gasteiger partial charge is 0.293 e. The molecule has 1 aromatic heterocycles. The second-order valence-corrected chi connectivity index (χ2v) is 5.56. The first-order valence-corrected chi connectivity index (χ1v) is 6.68. The summed E-state index contributed by atoms with van der Waals surface area (Å²) < 4.78 is 0. The average Bonchev–Trinajstić information content (AvgIpc) is 2.63. The Hall–Kier alpha value is -0.670. The van der Waals surface area contributed by atoms with E-state index in [9.17, 15) is 0 Å². The molecule has 2 heterocycles. The molecule has 1 saturated heterocycles. The van der Waals surface area contributed by atoms with Gasteiger partial charge in [0.05, 0.1) is 6.54 Å². The van der Waals surface area contributed by atoms with E-state index in [4.69, 9.17) is 11.6 Å². The molecule has 0 saturated carbocycles. The second kappa shape index (κ2) is 5.32. The van der Waals surface area contributed by atoms with E-state index < -0.39 is 0 Å². The number of hydrogen-bond donors (Lipinski definition) is 0. The third-order valence-electron chi connectivity index (χ3n) is 3.40. The quantitative estimate of drug-likeness (QED) is 0.776. The van der Waals surface area contributed by atoms with Crippen LogP contribution in [0.1, 0.15) is 38.2 Å². The summed E-state index contributed by atoms with van der Waals surface area (Å²) in [5.74, 6) is 1.54. The van der Waals surface area contributed by atoms with Crippen molar-refractivity contribution in [2.45, 2.75) is 46.2 Å². The first kappa shape index (κ1) is 12.8. The zero-order valence-corrected chi connectivity index (χ0v) is 11.5. The van der Waals surface area contributed by atoms with Crippen LogP contribution < -0.4 is 0 Å². The fourth-order valence-electron chi connectivity index (χ4n) is 2.64. The number of nitrogens with zero attached hydrogens (tertiary/aromatic N) is 3. The third kappa shape index (κ3) is 3.17. The van der Waals surface area contributed by atoms with Gasteiger partial charge in [0.15, 0.2) is 0 Å². The zero-order chi connectivity index (χ0) is 12.4. The molecule has 0 aromatic carbocycles. The van der Waals surface area contributed by atoms with Gasteiger partial charge in [0.2, 0.25) is 0 Å². The Labute approximate surface area is 108 Å². The van der Waals surface area contributed by atoms with Crippen molar-refractivity contribution < 1.29 is 0 Å². The Morgan fingerprint density at radius 1 is 1.47 bits per heavy atom. The Morgan fingerprint density at radius 2 is 2.24 bits per heavy atom. The molecular formula is C13H20ClN3. The van der Waals surface area contributed by atoms with E-state index in [0.717, 1.165) is 24.6 Å². The van der Waals surface area contributed by atoms with Crippen LogP contribution in [0, 0.1) is 12.8 Å². The first-order chi connectivity index (χ1) is 8.06. The van der Waals surface area contributed by atoms with Gasteiger partial charge in [-0.05, 0) is 38.3 Å². The minimum Gasteiger partial charge on any atom is -0.293 e. The molecule has 1 unspecified atom stereocenters. The van der Waals surface area contributed by atoms with Gasteiger partial charge in [0.1, 0.15) is 11.0 Å². The van der Waals surface area contributed by atoms with Gasteiger partial charge in [-0.3, -0.25) is 4.90 Å². The highest BCUT2D eigenvalue weighted by atomic mass is 35.5. The molecule has 2 rings (SSSR count). The van der Waals surface area contributed by atoms with Crippen LogP contribution >= 0.6 is 11.6 Å². The van der Waals surface area contributed by atoms with Crippen molar-refractivity contribution in [2.75, 3.05) is 6.54 Å². The molecule has 0 N–H and O–H groups in total. The Bertz CT molecular complexity index is 372. The highest BCUT2D eigenvalue weighted by Gasteiger charge is 2.27. The predicted octanol–water partition coefficient (Wildman–Crippen LogP) is 3.06. The van der Waals surface area contributed by atoms with Gasteiger partial charge in [-0.25, -0.2) is 9.97 Å². The van der Waals surface area contributed by atoms with Crippen LogP contribution in [0.3, 0.4) is 0 Å². The van der Waals surface area contributed by atoms with Gasteiger partial charge in [-0.1, -0.05) is 25.4 Å². The van der Waals surface area contributed by atoms with Gasteiger partial charge < -0.3 is 0 Å². The van der Waals surface area contributed by atoms with E-state index in [2.05, 4.69) is 28.7 Å². The van der Waals surface area contributed by atoms with E-state index in [-0.39, 0.29) is 0 Å². The van der Waals surface area contributed by atoms with E-state index in [1.807, 2.05) is 6.92 Å². The topological polar surface area (TPSA) is 29.0 Å². The van der Waals surface area contributed by atoms with Crippen LogP contribution in [0.5, 0.6) is 0 Å². The fraction of sp³-hybridized carbons (Fsp3) is 0.692. The number of rotatable bonds is 3. The van der Waals surface area contributed by atoms with Crippen LogP contribution in [0.25, 0.3) is 0 Å². The number of hydrogen-bond acceptors (Lipinski definition) is 3. The van der Waals surface area contributed by atoms with Crippen molar-refractivity contribution in [2.24, 2.45) is 5.92 Å². The maximum absolute atomic E-state index is 5.96. The summed E-state index contributed by atoms with van der Waals surface area (Å²) in [6.45, 7) is 8.50. The molecule has 1 aromatic rings. The summed E-state index contributed by atoms with van der Waals surface area (Å²) in [7, 11) is 0. The van der Waals surface area contributed by atoms with E-state index >= 15 is 0 Å². The molecule has 1 fully saturated rings. The van der Waals surface area contributed by atoms with Crippen molar-refractivity contribution in [1.29, 1.82) is 0 Å². The van der Waals surface area contributed by atoms with Gasteiger partial charge in [-0.2, -0.15) is 0 Å². The lowest BCUT2D eigenvalue weighted by molar-refractivity contribution is 0.194. The van der Waals surface area contributed by atoms with Crippen molar-refractivity contribution >= 4 is 11.6 Å². The molecule has 0 spiro atoms. The normalized spacial score (nSPS) is 21.4. The van der Waals surface area contributed by atoms with Crippen LogP contribution in [0.2, 0.25) is 5.15 Å². The fourth-order valence-corrected chi connectivity index (χ4v) is 2.90. The van der Waals surface area contributed by atoms with Crippen molar-refractivity contribution in [3.8, 4) is 0 Å². The molecule has 94 valence electrons. The van der Waals surface area contributed by atoms with Crippen LogP contribution in [-0.4, -0.2) is 27.5 Å². The summed E-state index contributed by atoms with van der Waals surface area (Å²) in [6.07, 6.45) is 2.57. The van der Waals surface area contributed by atoms with Gasteiger partial charge in [0, 0.05) is 11.7 Å². The van der Waals surface area contributed by atoms with Gasteiger partial charge >= 0.3 is 0 Å². The number of halogens is 1. The zero-order valence-electron chi connectivity index (χ0n) is 10.8. The molecule has 1 atom stereocenters. The molecule has 3 nitrogen and oxygen atoms in total. The molecule has 1 aliphatic heterocycles. The summed E-state index contributed by atoms with van der Waals surface area (Å²) in [5.41, 5.74) is 0.945. The monoisotopic (exact) mass is 253 g/mol. The van der Waals surface area contributed by atoms with E-state index in [1.54, 1.807) is 6.07 Å². The molecule has 1 aliphatic rings. The summed E-state index contributed by atoms with van der Waals surface area (Å²) in [4.78, 5) is 11.2. The molecular weight excluding hydrogens is 234 g/mol. The molecule has 0 aliphatic carbocycles. The predicted molar refractivity (Wildman–Crippen MR) is 70.0 cm³/mol. The summed E-state index contributed by atoms with van der Waals surface area (Å²) in [6, 6.07) is 2.47. The standard InChI is InChI=1S/C13H20ClN3/c1-9(2)11-5-4-6-17(11)8-13-15-10(3)7-12(14)16-13/h7,9,11H,4-6,8H2,1-3H3. The number of aromatic nitrogens is 2. The Kier molecular flexibility index (Phi) is 4.00. The number of aryl methyl sites for hydroxylation is 1. The lowest BCUT2D eigenvalue weighted by atomic mass is 10.0. The third-order valence-corrected chi connectivity index (χ3v) is 3.59. The van der Waals surface area contributed by atoms with Gasteiger partial charge in [0.25, 0.3) is 0 Å². The first-order valence-electron chi connectivity index (χ1n) is 6.30. The Balaban J connectivity index is 2.09. The van der Waals surface area contributed by atoms with Crippen LogP contribution in [0.4, 0.5) is 0 Å². The summed E-state index contributed by atoms with van der Waals surface area (Å²) in [5, 5.41) is 0.549. The lowest BCUT2D eigenvalue weighted by Gasteiger charge is -2.26. The van der Waals surface area contributed by atoms with Gasteiger partial charge in [-0.15, -0.1) is 0 Å². The highest BCUT2D eigenvalue weighted by Crippen LogP contribution is 2.25. The minimum absolute atomic E-state index is 0.549. The summed E-state index contributed by atoms with van der Waals surface area (Å²) >= 11 is 5.96. The molecule has 4 heteroatoms. The highest BCUT2D eigenvalue weighted by molar-refractivity contribution is 6.29. The molecule has 17 heavy (non-hydrogen) atoms. The van der Waals surface area contributed by atoms with E-state index in [1.165, 1.54) is 12.8 Å². The van der Waals surface area contributed by atoms with Crippen LogP contribution in [-0.2, 0) is 6.54 Å². The van der Waals surface area contributed by atoms with Crippen LogP contribution in [0.15, 0.2) is 6.07 Å². The Morgan fingerprint density at radius 3 is 2.88 bits per heavy atom. The maximum atomic E-state index is 5.96. The lowest BCUT2D eigenvalue weighted by Crippen LogP contribution is -2.33.